The van der Waals surface area contributed by atoms with E-state index in [-0.39, 0.29) is 11.5 Å². The summed E-state index contributed by atoms with van der Waals surface area (Å²) >= 11 is 0. The van der Waals surface area contributed by atoms with Gasteiger partial charge in [-0.05, 0) is 30.0 Å². The van der Waals surface area contributed by atoms with Crippen molar-refractivity contribution in [1.29, 1.82) is 0 Å². The maximum absolute atomic E-state index is 13.3. The summed E-state index contributed by atoms with van der Waals surface area (Å²) in [5, 5.41) is 0. The van der Waals surface area contributed by atoms with Gasteiger partial charge < -0.3 is 19.1 Å². The fourth-order valence-electron chi connectivity index (χ4n) is 4.30. The van der Waals surface area contributed by atoms with Gasteiger partial charge in [0.05, 0.1) is 24.3 Å². The van der Waals surface area contributed by atoms with Crippen LogP contribution >= 0.6 is 0 Å². The molecule has 174 valence electrons. The third kappa shape index (κ3) is 4.99. The summed E-state index contributed by atoms with van der Waals surface area (Å²) in [6.45, 7) is 7.10. The minimum Gasteiger partial charge on any atom is -0.496 e. The number of aryl methyl sites for hydroxylation is 1. The van der Waals surface area contributed by atoms with Crippen molar-refractivity contribution in [1.82, 2.24) is 19.4 Å². The first-order valence-corrected chi connectivity index (χ1v) is 11.5. The molecule has 0 unspecified atom stereocenters. The summed E-state index contributed by atoms with van der Waals surface area (Å²) in [6.07, 6.45) is 4.47. The van der Waals surface area contributed by atoms with Crippen LogP contribution in [0, 0.1) is 5.92 Å². The lowest BCUT2D eigenvalue weighted by atomic mass is 10.1. The largest absolute Gasteiger partial charge is 0.496 e. The van der Waals surface area contributed by atoms with Crippen molar-refractivity contribution in [2.45, 2.75) is 33.2 Å². The molecular weight excluding hydrogens is 418 g/mol. The molecule has 1 saturated heterocycles. The Morgan fingerprint density at radius 1 is 1.12 bits per heavy atom. The Balaban J connectivity index is 1.45. The van der Waals surface area contributed by atoms with E-state index in [0.29, 0.717) is 57.3 Å². The van der Waals surface area contributed by atoms with Crippen LogP contribution in [0.1, 0.15) is 25.8 Å². The van der Waals surface area contributed by atoms with Gasteiger partial charge in [0, 0.05) is 45.3 Å². The van der Waals surface area contributed by atoms with E-state index in [1.807, 2.05) is 40.1 Å². The molecule has 0 bridgehead atoms. The number of methoxy groups -OCH3 is 1. The summed E-state index contributed by atoms with van der Waals surface area (Å²) in [5.41, 5.74) is 2.45. The number of hydrogen-bond acceptors (Lipinski definition) is 6. The van der Waals surface area contributed by atoms with Crippen LogP contribution in [0.3, 0.4) is 0 Å². The number of amides is 1. The number of hydrogen-bond donors (Lipinski definition) is 0. The maximum Gasteiger partial charge on any atom is 0.294 e. The summed E-state index contributed by atoms with van der Waals surface area (Å²) < 4.78 is 7.17. The monoisotopic (exact) mass is 449 g/mol. The van der Waals surface area contributed by atoms with Gasteiger partial charge in [0.15, 0.2) is 5.82 Å². The third-order valence-electron chi connectivity index (χ3n) is 6.01. The summed E-state index contributed by atoms with van der Waals surface area (Å²) in [7, 11) is 1.65. The quantitative estimate of drug-likeness (QED) is 0.552. The number of benzene rings is 1. The first-order valence-electron chi connectivity index (χ1n) is 11.5. The molecule has 3 heterocycles. The molecule has 4 rings (SSSR count). The van der Waals surface area contributed by atoms with Crippen LogP contribution in [-0.4, -0.2) is 58.6 Å². The molecule has 0 saturated carbocycles. The molecule has 1 amide bonds. The molecule has 0 spiro atoms. The minimum absolute atomic E-state index is 0.0971. The number of para-hydroxylation sites is 1. The number of carbonyl (C=O) groups is 1. The number of ether oxygens (including phenoxy) is 1. The number of pyridine rings is 1. The number of piperazine rings is 1. The Kier molecular flexibility index (Phi) is 6.91. The smallest absolute Gasteiger partial charge is 0.294 e. The van der Waals surface area contributed by atoms with E-state index in [4.69, 9.17) is 4.74 Å². The molecule has 33 heavy (non-hydrogen) atoms. The zero-order valence-corrected chi connectivity index (χ0v) is 19.5. The van der Waals surface area contributed by atoms with Crippen LogP contribution in [0.5, 0.6) is 5.75 Å². The molecule has 8 nitrogen and oxygen atoms in total. The topological polar surface area (TPSA) is 80.6 Å². The molecule has 1 fully saturated rings. The molecule has 0 N–H and O–H groups in total. The second-order valence-electron chi connectivity index (χ2n) is 8.79. The van der Waals surface area contributed by atoms with Crippen molar-refractivity contribution in [3.05, 3.63) is 58.6 Å². The highest BCUT2D eigenvalue weighted by Gasteiger charge is 2.25. The SMILES string of the molecule is COc1ccccc1CCC(=O)N1CCN(c2nc3ccncc3n(CC(C)C)c2=O)CC1. The number of carbonyl (C=O) groups excluding carboxylic acids is 1. The lowest BCUT2D eigenvalue weighted by Gasteiger charge is -2.35. The first kappa shape index (κ1) is 22.8. The van der Waals surface area contributed by atoms with E-state index in [1.54, 1.807) is 24.1 Å². The van der Waals surface area contributed by atoms with Crippen LogP contribution < -0.4 is 15.2 Å². The Labute approximate surface area is 193 Å². The number of anilines is 1. The lowest BCUT2D eigenvalue weighted by Crippen LogP contribution is -2.50. The Morgan fingerprint density at radius 2 is 1.88 bits per heavy atom. The van der Waals surface area contributed by atoms with Gasteiger partial charge in [0.2, 0.25) is 5.91 Å². The summed E-state index contributed by atoms with van der Waals surface area (Å²) in [5.74, 6) is 1.70. The molecule has 1 aliphatic heterocycles. The Bertz CT molecular complexity index is 1180. The molecule has 3 aromatic rings. The van der Waals surface area contributed by atoms with Crippen molar-refractivity contribution in [3.63, 3.8) is 0 Å². The molecule has 0 aliphatic carbocycles. The maximum atomic E-state index is 13.3. The van der Waals surface area contributed by atoms with Gasteiger partial charge in [-0.3, -0.25) is 14.6 Å². The average Bonchev–Trinajstić information content (AvgIpc) is 2.84. The standard InChI is InChI=1S/C25H31N5O3/c1-18(2)17-30-21-16-26-11-10-20(21)27-24(25(30)32)29-14-12-28(13-15-29)23(31)9-8-19-6-4-5-7-22(19)33-3/h4-7,10-11,16,18H,8-9,12-15,17H2,1-3H3. The van der Waals surface area contributed by atoms with Gasteiger partial charge in [-0.25, -0.2) is 4.98 Å². The zero-order chi connectivity index (χ0) is 23.4. The van der Waals surface area contributed by atoms with E-state index in [9.17, 15) is 9.59 Å². The fraction of sp³-hybridized carbons (Fsp3) is 0.440. The molecule has 1 aliphatic rings. The van der Waals surface area contributed by atoms with Crippen LogP contribution in [0.25, 0.3) is 11.0 Å². The number of nitrogens with zero attached hydrogens (tertiary/aromatic N) is 5. The van der Waals surface area contributed by atoms with Crippen molar-refractivity contribution in [2.75, 3.05) is 38.2 Å². The molecule has 2 aromatic heterocycles. The van der Waals surface area contributed by atoms with Crippen LogP contribution in [-0.2, 0) is 17.8 Å². The summed E-state index contributed by atoms with van der Waals surface area (Å²) in [4.78, 5) is 38.8. The van der Waals surface area contributed by atoms with E-state index in [2.05, 4.69) is 23.8 Å². The van der Waals surface area contributed by atoms with Gasteiger partial charge >= 0.3 is 0 Å². The highest BCUT2D eigenvalue weighted by Crippen LogP contribution is 2.20. The summed E-state index contributed by atoms with van der Waals surface area (Å²) in [6, 6.07) is 9.63. The van der Waals surface area contributed by atoms with Crippen molar-refractivity contribution < 1.29 is 9.53 Å². The van der Waals surface area contributed by atoms with Crippen molar-refractivity contribution in [2.24, 2.45) is 5.92 Å². The van der Waals surface area contributed by atoms with Gasteiger partial charge in [0.25, 0.3) is 5.56 Å². The highest BCUT2D eigenvalue weighted by atomic mass is 16.5. The van der Waals surface area contributed by atoms with E-state index in [0.717, 1.165) is 22.3 Å². The fourth-order valence-corrected chi connectivity index (χ4v) is 4.30. The zero-order valence-electron chi connectivity index (χ0n) is 19.5. The second kappa shape index (κ2) is 10.0. The van der Waals surface area contributed by atoms with Gasteiger partial charge in [-0.1, -0.05) is 32.0 Å². The predicted octanol–water partition coefficient (Wildman–Crippen LogP) is 2.74. The van der Waals surface area contributed by atoms with E-state index >= 15 is 0 Å². The van der Waals surface area contributed by atoms with Gasteiger partial charge in [0.1, 0.15) is 5.75 Å². The lowest BCUT2D eigenvalue weighted by molar-refractivity contribution is -0.131. The predicted molar refractivity (Wildman–Crippen MR) is 129 cm³/mol. The van der Waals surface area contributed by atoms with Crippen LogP contribution in [0.4, 0.5) is 5.82 Å². The molecule has 8 heteroatoms. The highest BCUT2D eigenvalue weighted by molar-refractivity contribution is 5.77. The minimum atomic E-state index is -0.0971. The second-order valence-corrected chi connectivity index (χ2v) is 8.79. The molecule has 0 radical (unpaired) electrons. The van der Waals surface area contributed by atoms with E-state index in [1.165, 1.54) is 0 Å². The van der Waals surface area contributed by atoms with E-state index < -0.39 is 0 Å². The normalized spacial score (nSPS) is 14.2. The first-order chi connectivity index (χ1) is 16.0. The number of rotatable bonds is 7. The number of aromatic nitrogens is 3. The van der Waals surface area contributed by atoms with Crippen molar-refractivity contribution in [3.8, 4) is 5.75 Å². The van der Waals surface area contributed by atoms with Crippen LogP contribution in [0.2, 0.25) is 0 Å². The molecule has 1 aromatic carbocycles. The van der Waals surface area contributed by atoms with Crippen molar-refractivity contribution >= 4 is 22.8 Å². The van der Waals surface area contributed by atoms with Crippen LogP contribution in [0.15, 0.2) is 47.5 Å². The Hall–Kier alpha value is -3.42. The Morgan fingerprint density at radius 3 is 2.61 bits per heavy atom. The number of fused-ring (bicyclic) bond motifs is 1. The average molecular weight is 450 g/mol. The molecular formula is C25H31N5O3. The van der Waals surface area contributed by atoms with Gasteiger partial charge in [-0.2, -0.15) is 0 Å². The van der Waals surface area contributed by atoms with Gasteiger partial charge in [-0.15, -0.1) is 0 Å². The third-order valence-corrected chi connectivity index (χ3v) is 6.01. The molecule has 0 atom stereocenters.